The van der Waals surface area contributed by atoms with E-state index in [-0.39, 0.29) is 37.5 Å². The Morgan fingerprint density at radius 1 is 0.513 bits per heavy atom. The molecule has 0 fully saturated rings. The molecule has 0 aromatic carbocycles. The first-order valence-electron chi connectivity index (χ1n) is 16.0. The van der Waals surface area contributed by atoms with Gasteiger partial charge in [-0.3, -0.25) is 14.4 Å². The van der Waals surface area contributed by atoms with Gasteiger partial charge in [-0.25, -0.2) is 0 Å². The SMILES string of the molecule is CCCCCCCCCCCC(=O)OC[C@H](COC(=O)CCN(C)C)OC(=O)CCCCCCCCCCC. The molecule has 0 heterocycles. The van der Waals surface area contributed by atoms with Crippen molar-refractivity contribution in [2.45, 2.75) is 155 Å². The molecule has 0 bridgehead atoms. The van der Waals surface area contributed by atoms with Gasteiger partial charge in [0.1, 0.15) is 13.2 Å². The topological polar surface area (TPSA) is 82.1 Å². The van der Waals surface area contributed by atoms with Crippen molar-refractivity contribution in [1.82, 2.24) is 4.90 Å². The summed E-state index contributed by atoms with van der Waals surface area (Å²) in [5, 5.41) is 0. The zero-order valence-corrected chi connectivity index (χ0v) is 25.9. The minimum absolute atomic E-state index is 0.0826. The summed E-state index contributed by atoms with van der Waals surface area (Å²) in [6.07, 6.45) is 21.4. The molecule has 0 rings (SSSR count). The van der Waals surface area contributed by atoms with E-state index in [1.807, 2.05) is 19.0 Å². The fourth-order valence-corrected chi connectivity index (χ4v) is 4.35. The first kappa shape index (κ1) is 37.4. The molecule has 0 aliphatic rings. The highest BCUT2D eigenvalue weighted by Crippen LogP contribution is 2.13. The Hall–Kier alpha value is -1.63. The second-order valence-corrected chi connectivity index (χ2v) is 11.2. The van der Waals surface area contributed by atoms with Crippen LogP contribution in [0.4, 0.5) is 0 Å². The Kier molecular flexibility index (Phi) is 26.8. The normalized spacial score (nSPS) is 11.9. The van der Waals surface area contributed by atoms with Gasteiger partial charge in [0.2, 0.25) is 0 Å². The molecular weight excluding hydrogens is 494 g/mol. The van der Waals surface area contributed by atoms with Crippen LogP contribution < -0.4 is 0 Å². The van der Waals surface area contributed by atoms with E-state index in [1.165, 1.54) is 77.0 Å². The van der Waals surface area contributed by atoms with E-state index < -0.39 is 6.10 Å². The second kappa shape index (κ2) is 27.9. The van der Waals surface area contributed by atoms with Crippen molar-refractivity contribution in [3.05, 3.63) is 0 Å². The number of carbonyl (C=O) groups is 3. The third-order valence-electron chi connectivity index (χ3n) is 6.89. The third-order valence-corrected chi connectivity index (χ3v) is 6.89. The number of ether oxygens (including phenoxy) is 3. The molecule has 0 unspecified atom stereocenters. The minimum atomic E-state index is -0.772. The molecule has 0 aliphatic carbocycles. The van der Waals surface area contributed by atoms with Gasteiger partial charge >= 0.3 is 17.9 Å². The quantitative estimate of drug-likeness (QED) is 0.0554. The van der Waals surface area contributed by atoms with Crippen LogP contribution in [0.25, 0.3) is 0 Å². The van der Waals surface area contributed by atoms with Gasteiger partial charge in [-0.05, 0) is 26.9 Å². The van der Waals surface area contributed by atoms with E-state index in [1.54, 1.807) is 0 Å². The van der Waals surface area contributed by atoms with Crippen molar-refractivity contribution < 1.29 is 28.6 Å². The Morgan fingerprint density at radius 3 is 1.28 bits per heavy atom. The summed E-state index contributed by atoms with van der Waals surface area (Å²) in [6, 6.07) is 0. The van der Waals surface area contributed by atoms with Crippen LogP contribution in [0.5, 0.6) is 0 Å². The fraction of sp³-hybridized carbons (Fsp3) is 0.906. The molecule has 0 radical (unpaired) electrons. The van der Waals surface area contributed by atoms with Crippen molar-refractivity contribution in [3.8, 4) is 0 Å². The maximum absolute atomic E-state index is 12.4. The van der Waals surface area contributed by atoms with Crippen molar-refractivity contribution in [3.63, 3.8) is 0 Å². The molecule has 0 amide bonds. The molecule has 0 aromatic heterocycles. The van der Waals surface area contributed by atoms with Gasteiger partial charge in [-0.2, -0.15) is 0 Å². The average molecular weight is 556 g/mol. The van der Waals surface area contributed by atoms with Crippen molar-refractivity contribution in [1.29, 1.82) is 0 Å². The average Bonchev–Trinajstić information content (AvgIpc) is 2.91. The van der Waals surface area contributed by atoms with Crippen molar-refractivity contribution in [2.24, 2.45) is 0 Å². The van der Waals surface area contributed by atoms with E-state index >= 15 is 0 Å². The maximum atomic E-state index is 12.4. The molecular formula is C32H61NO6. The number of rotatable bonds is 28. The maximum Gasteiger partial charge on any atom is 0.307 e. The number of unbranched alkanes of at least 4 members (excludes halogenated alkanes) is 16. The van der Waals surface area contributed by atoms with E-state index in [4.69, 9.17) is 14.2 Å². The lowest BCUT2D eigenvalue weighted by Crippen LogP contribution is -2.31. The zero-order valence-electron chi connectivity index (χ0n) is 25.9. The van der Waals surface area contributed by atoms with Gasteiger partial charge in [0, 0.05) is 19.4 Å². The molecule has 0 spiro atoms. The third kappa shape index (κ3) is 27.7. The lowest BCUT2D eigenvalue weighted by molar-refractivity contribution is -0.167. The van der Waals surface area contributed by atoms with Crippen LogP contribution in [0, 0.1) is 0 Å². The van der Waals surface area contributed by atoms with Crippen molar-refractivity contribution in [2.75, 3.05) is 33.9 Å². The first-order chi connectivity index (χ1) is 18.9. The summed E-state index contributed by atoms with van der Waals surface area (Å²) in [6.45, 7) is 4.85. The summed E-state index contributed by atoms with van der Waals surface area (Å²) in [7, 11) is 3.77. The van der Waals surface area contributed by atoms with Gasteiger partial charge in [-0.1, -0.05) is 117 Å². The predicted octanol–water partition coefficient (Wildman–Crippen LogP) is 7.78. The second-order valence-electron chi connectivity index (χ2n) is 11.2. The molecule has 7 nitrogen and oxygen atoms in total. The molecule has 7 heteroatoms. The Labute approximate surface area is 240 Å². The Balaban J connectivity index is 4.27. The highest BCUT2D eigenvalue weighted by molar-refractivity contribution is 5.71. The molecule has 39 heavy (non-hydrogen) atoms. The Morgan fingerprint density at radius 2 is 0.872 bits per heavy atom. The summed E-state index contributed by atoms with van der Waals surface area (Å²) in [5.74, 6) is -0.983. The standard InChI is InChI=1S/C32H61NO6/c1-5-7-9-11-13-15-17-19-21-23-30(34)37-27-29(28-38-31(35)25-26-33(3)4)39-32(36)24-22-20-18-16-14-12-10-8-6-2/h29H,5-28H2,1-4H3/t29-/m1/s1. The van der Waals surface area contributed by atoms with Crippen molar-refractivity contribution >= 4 is 17.9 Å². The van der Waals surface area contributed by atoms with Crippen LogP contribution >= 0.6 is 0 Å². The minimum Gasteiger partial charge on any atom is -0.462 e. The van der Waals surface area contributed by atoms with Crippen LogP contribution in [-0.4, -0.2) is 62.8 Å². The first-order valence-corrected chi connectivity index (χ1v) is 16.0. The predicted molar refractivity (Wildman–Crippen MR) is 159 cm³/mol. The highest BCUT2D eigenvalue weighted by Gasteiger charge is 2.19. The van der Waals surface area contributed by atoms with Crippen LogP contribution in [0.15, 0.2) is 0 Å². The fourth-order valence-electron chi connectivity index (χ4n) is 4.35. The van der Waals surface area contributed by atoms with E-state index in [2.05, 4.69) is 13.8 Å². The van der Waals surface area contributed by atoms with Gasteiger partial charge in [0.25, 0.3) is 0 Å². The molecule has 0 saturated carbocycles. The molecule has 0 aliphatic heterocycles. The van der Waals surface area contributed by atoms with Gasteiger partial charge in [0.05, 0.1) is 6.42 Å². The monoisotopic (exact) mass is 555 g/mol. The summed E-state index contributed by atoms with van der Waals surface area (Å²) < 4.78 is 16.2. The van der Waals surface area contributed by atoms with Gasteiger partial charge < -0.3 is 19.1 Å². The summed E-state index contributed by atoms with van der Waals surface area (Å²) in [5.41, 5.74) is 0. The van der Waals surface area contributed by atoms with Gasteiger partial charge in [-0.15, -0.1) is 0 Å². The smallest absolute Gasteiger partial charge is 0.307 e. The van der Waals surface area contributed by atoms with Crippen LogP contribution in [0.2, 0.25) is 0 Å². The molecule has 0 saturated heterocycles. The van der Waals surface area contributed by atoms with E-state index in [0.29, 0.717) is 19.4 Å². The number of hydrogen-bond acceptors (Lipinski definition) is 7. The molecule has 1 atom stereocenters. The van der Waals surface area contributed by atoms with Crippen LogP contribution in [0.3, 0.4) is 0 Å². The summed E-state index contributed by atoms with van der Waals surface area (Å²) in [4.78, 5) is 38.6. The lowest BCUT2D eigenvalue weighted by Gasteiger charge is -2.18. The number of hydrogen-bond donors (Lipinski definition) is 0. The van der Waals surface area contributed by atoms with E-state index in [0.717, 1.165) is 38.5 Å². The number of nitrogens with zero attached hydrogens (tertiary/aromatic N) is 1. The molecule has 0 N–H and O–H groups in total. The van der Waals surface area contributed by atoms with E-state index in [9.17, 15) is 14.4 Å². The molecule has 230 valence electrons. The molecule has 0 aromatic rings. The lowest BCUT2D eigenvalue weighted by atomic mass is 10.1. The zero-order chi connectivity index (χ0) is 29.0. The Bertz CT molecular complexity index is 595. The van der Waals surface area contributed by atoms with Crippen LogP contribution in [0.1, 0.15) is 149 Å². The largest absolute Gasteiger partial charge is 0.462 e. The summed E-state index contributed by atoms with van der Waals surface area (Å²) >= 11 is 0. The number of esters is 3. The highest BCUT2D eigenvalue weighted by atomic mass is 16.6. The van der Waals surface area contributed by atoms with Crippen LogP contribution in [-0.2, 0) is 28.6 Å². The van der Waals surface area contributed by atoms with Gasteiger partial charge in [0.15, 0.2) is 6.10 Å². The number of carbonyl (C=O) groups excluding carboxylic acids is 3.